The summed E-state index contributed by atoms with van der Waals surface area (Å²) in [4.78, 5) is 0. The van der Waals surface area contributed by atoms with Crippen LogP contribution < -0.4 is 5.32 Å². The van der Waals surface area contributed by atoms with Crippen LogP contribution in [0.3, 0.4) is 0 Å². The Morgan fingerprint density at radius 3 is 2.80 bits per heavy atom. The molecule has 2 atom stereocenters. The van der Waals surface area contributed by atoms with E-state index in [0.29, 0.717) is 30.7 Å². The van der Waals surface area contributed by atoms with Gasteiger partial charge < -0.3 is 15.2 Å². The fourth-order valence-electron chi connectivity index (χ4n) is 2.85. The number of nitrogens with one attached hydrogen (secondary N) is 1. The van der Waals surface area contributed by atoms with Crippen molar-refractivity contribution in [3.8, 4) is 0 Å². The van der Waals surface area contributed by atoms with Crippen LogP contribution in [0.15, 0.2) is 0 Å². The first kappa shape index (κ1) is 11.4. The lowest BCUT2D eigenvalue weighted by molar-refractivity contribution is -0.0141. The molecule has 2 aliphatic carbocycles. The molecule has 0 aromatic heterocycles. The summed E-state index contributed by atoms with van der Waals surface area (Å²) in [7, 11) is 0. The Morgan fingerprint density at radius 2 is 2.13 bits per heavy atom. The topological polar surface area (TPSA) is 41.5 Å². The monoisotopic (exact) mass is 213 g/mol. The third-order valence-electron chi connectivity index (χ3n) is 3.84. The van der Waals surface area contributed by atoms with Gasteiger partial charge in [0, 0.05) is 25.3 Å². The molecule has 0 amide bonds. The van der Waals surface area contributed by atoms with Crippen LogP contribution in [-0.4, -0.2) is 36.5 Å². The van der Waals surface area contributed by atoms with Crippen LogP contribution in [0.25, 0.3) is 0 Å². The van der Waals surface area contributed by atoms with E-state index in [0.717, 1.165) is 19.4 Å². The average molecular weight is 213 g/mol. The lowest BCUT2D eigenvalue weighted by Gasteiger charge is -2.38. The maximum atomic E-state index is 9.21. The predicted molar refractivity (Wildman–Crippen MR) is 59.8 cm³/mol. The zero-order valence-corrected chi connectivity index (χ0v) is 9.61. The molecule has 0 saturated heterocycles. The number of ether oxygens (including phenoxy) is 1. The minimum absolute atomic E-state index is 0.347. The van der Waals surface area contributed by atoms with Crippen LogP contribution in [0.2, 0.25) is 0 Å². The third kappa shape index (κ3) is 2.71. The lowest BCUT2D eigenvalue weighted by atomic mass is 9.87. The van der Waals surface area contributed by atoms with Gasteiger partial charge in [0.1, 0.15) is 0 Å². The van der Waals surface area contributed by atoms with Gasteiger partial charge in [0.05, 0.1) is 6.10 Å². The van der Waals surface area contributed by atoms with E-state index in [1.165, 1.54) is 19.3 Å². The Balaban J connectivity index is 1.66. The van der Waals surface area contributed by atoms with Gasteiger partial charge in [-0.15, -0.1) is 0 Å². The van der Waals surface area contributed by atoms with Crippen LogP contribution in [0.5, 0.6) is 0 Å². The van der Waals surface area contributed by atoms with Crippen LogP contribution in [0, 0.1) is 5.92 Å². The van der Waals surface area contributed by atoms with E-state index >= 15 is 0 Å². The van der Waals surface area contributed by atoms with Crippen molar-refractivity contribution in [2.45, 2.75) is 57.2 Å². The van der Waals surface area contributed by atoms with E-state index in [-0.39, 0.29) is 0 Å². The summed E-state index contributed by atoms with van der Waals surface area (Å²) < 4.78 is 5.54. The summed E-state index contributed by atoms with van der Waals surface area (Å²) >= 11 is 0. The molecule has 2 saturated carbocycles. The molecule has 88 valence electrons. The molecule has 3 nitrogen and oxygen atoms in total. The van der Waals surface area contributed by atoms with E-state index in [9.17, 15) is 5.11 Å². The Labute approximate surface area is 92.2 Å². The summed E-state index contributed by atoms with van der Waals surface area (Å²) in [5, 5.41) is 12.9. The van der Waals surface area contributed by atoms with Gasteiger partial charge in [0.2, 0.25) is 0 Å². The fourth-order valence-corrected chi connectivity index (χ4v) is 2.85. The SMILES string of the molecule is CCOC1CC(NC2CCCC2CO)C1. The Morgan fingerprint density at radius 1 is 1.33 bits per heavy atom. The summed E-state index contributed by atoms with van der Waals surface area (Å²) in [6, 6.07) is 1.20. The first-order valence-electron chi connectivity index (χ1n) is 6.32. The summed E-state index contributed by atoms with van der Waals surface area (Å²) in [6.45, 7) is 3.23. The minimum atomic E-state index is 0.347. The van der Waals surface area contributed by atoms with Crippen molar-refractivity contribution >= 4 is 0 Å². The highest BCUT2D eigenvalue weighted by Crippen LogP contribution is 2.29. The molecule has 15 heavy (non-hydrogen) atoms. The zero-order chi connectivity index (χ0) is 10.7. The van der Waals surface area contributed by atoms with Crippen molar-refractivity contribution in [1.29, 1.82) is 0 Å². The molecule has 0 aromatic carbocycles. The second-order valence-corrected chi connectivity index (χ2v) is 4.89. The second-order valence-electron chi connectivity index (χ2n) is 4.89. The van der Waals surface area contributed by atoms with Crippen molar-refractivity contribution in [3.05, 3.63) is 0 Å². The van der Waals surface area contributed by atoms with Crippen LogP contribution in [0.4, 0.5) is 0 Å². The molecule has 0 bridgehead atoms. The van der Waals surface area contributed by atoms with Crippen molar-refractivity contribution in [2.75, 3.05) is 13.2 Å². The van der Waals surface area contributed by atoms with Gasteiger partial charge in [-0.2, -0.15) is 0 Å². The van der Waals surface area contributed by atoms with Crippen LogP contribution in [-0.2, 0) is 4.74 Å². The molecule has 2 rings (SSSR count). The highest BCUT2D eigenvalue weighted by Gasteiger charge is 2.34. The van der Waals surface area contributed by atoms with Gasteiger partial charge in [-0.3, -0.25) is 0 Å². The quantitative estimate of drug-likeness (QED) is 0.723. The standard InChI is InChI=1S/C12H23NO2/c1-2-15-11-6-10(7-11)13-12-5-3-4-9(12)8-14/h9-14H,2-8H2,1H3. The van der Waals surface area contributed by atoms with Crippen LogP contribution in [0.1, 0.15) is 39.0 Å². The highest BCUT2D eigenvalue weighted by atomic mass is 16.5. The first-order chi connectivity index (χ1) is 7.33. The fraction of sp³-hybridized carbons (Fsp3) is 1.00. The molecule has 0 radical (unpaired) electrons. The van der Waals surface area contributed by atoms with Crippen molar-refractivity contribution in [1.82, 2.24) is 5.32 Å². The third-order valence-corrected chi connectivity index (χ3v) is 3.84. The highest BCUT2D eigenvalue weighted by molar-refractivity contribution is 4.92. The largest absolute Gasteiger partial charge is 0.396 e. The maximum Gasteiger partial charge on any atom is 0.0604 e. The van der Waals surface area contributed by atoms with Gasteiger partial charge >= 0.3 is 0 Å². The smallest absolute Gasteiger partial charge is 0.0604 e. The molecule has 0 aliphatic heterocycles. The first-order valence-corrected chi connectivity index (χ1v) is 6.32. The number of hydrogen-bond acceptors (Lipinski definition) is 3. The van der Waals surface area contributed by atoms with E-state index in [1.54, 1.807) is 0 Å². The molecule has 2 fully saturated rings. The molecule has 0 aromatic rings. The van der Waals surface area contributed by atoms with E-state index < -0.39 is 0 Å². The molecule has 3 heteroatoms. The predicted octanol–water partition coefficient (Wildman–Crippen LogP) is 1.30. The zero-order valence-electron chi connectivity index (χ0n) is 9.61. The summed E-state index contributed by atoms with van der Waals surface area (Å²) in [6.07, 6.45) is 6.49. The molecular formula is C12H23NO2. The molecular weight excluding hydrogens is 190 g/mol. The molecule has 2 unspecified atom stereocenters. The average Bonchev–Trinajstić information content (AvgIpc) is 2.62. The van der Waals surface area contributed by atoms with Gasteiger partial charge in [-0.05, 0) is 38.5 Å². The van der Waals surface area contributed by atoms with E-state index in [4.69, 9.17) is 4.74 Å². The number of aliphatic hydroxyl groups is 1. The van der Waals surface area contributed by atoms with E-state index in [2.05, 4.69) is 12.2 Å². The maximum absolute atomic E-state index is 9.21. The Bertz CT molecular complexity index is 192. The summed E-state index contributed by atoms with van der Waals surface area (Å²) in [5.74, 6) is 0.496. The van der Waals surface area contributed by atoms with Crippen molar-refractivity contribution in [2.24, 2.45) is 5.92 Å². The van der Waals surface area contributed by atoms with Gasteiger partial charge in [-0.25, -0.2) is 0 Å². The van der Waals surface area contributed by atoms with Crippen LogP contribution >= 0.6 is 0 Å². The molecule has 0 heterocycles. The summed E-state index contributed by atoms with van der Waals surface area (Å²) in [5.41, 5.74) is 0. The molecule has 2 aliphatic rings. The molecule has 2 N–H and O–H groups in total. The second kappa shape index (κ2) is 5.28. The lowest BCUT2D eigenvalue weighted by Crippen LogP contribution is -2.50. The Kier molecular flexibility index (Phi) is 4.00. The van der Waals surface area contributed by atoms with Gasteiger partial charge in [0.25, 0.3) is 0 Å². The van der Waals surface area contributed by atoms with Gasteiger partial charge in [-0.1, -0.05) is 6.42 Å². The number of aliphatic hydroxyl groups excluding tert-OH is 1. The van der Waals surface area contributed by atoms with E-state index in [1.807, 2.05) is 0 Å². The minimum Gasteiger partial charge on any atom is -0.396 e. The van der Waals surface area contributed by atoms with Crippen molar-refractivity contribution in [3.63, 3.8) is 0 Å². The normalized spacial score (nSPS) is 40.4. The molecule has 0 spiro atoms. The van der Waals surface area contributed by atoms with Gasteiger partial charge in [0.15, 0.2) is 0 Å². The van der Waals surface area contributed by atoms with Crippen molar-refractivity contribution < 1.29 is 9.84 Å². The number of rotatable bonds is 5. The number of hydrogen-bond donors (Lipinski definition) is 2. The Hall–Kier alpha value is -0.120.